The van der Waals surface area contributed by atoms with Gasteiger partial charge in [0.2, 0.25) is 0 Å². The van der Waals surface area contributed by atoms with Crippen LogP contribution in [0.25, 0.3) is 10.6 Å². The Morgan fingerprint density at radius 1 is 1.26 bits per heavy atom. The normalized spacial score (nSPS) is 11.4. The molecule has 7 heteroatoms. The van der Waals surface area contributed by atoms with Crippen LogP contribution in [0.5, 0.6) is 0 Å². The van der Waals surface area contributed by atoms with Crippen LogP contribution < -0.4 is 5.32 Å². The van der Waals surface area contributed by atoms with E-state index in [-0.39, 0.29) is 11.6 Å². The SMILES string of the molecule is CNC(=O)c1csc(-c2ccc(C(F)(F)F)cc2)n1. The van der Waals surface area contributed by atoms with E-state index >= 15 is 0 Å². The maximum absolute atomic E-state index is 12.4. The Bertz CT molecular complexity index is 590. The molecular formula is C12H9F3N2OS. The number of aromatic nitrogens is 1. The fourth-order valence-corrected chi connectivity index (χ4v) is 2.25. The van der Waals surface area contributed by atoms with Gasteiger partial charge in [-0.2, -0.15) is 13.2 Å². The average molecular weight is 286 g/mol. The number of carbonyl (C=O) groups excluding carboxylic acids is 1. The van der Waals surface area contributed by atoms with Crippen LogP contribution in [0.1, 0.15) is 16.1 Å². The molecule has 3 nitrogen and oxygen atoms in total. The monoisotopic (exact) mass is 286 g/mol. The maximum atomic E-state index is 12.4. The lowest BCUT2D eigenvalue weighted by atomic mass is 10.1. The van der Waals surface area contributed by atoms with Crippen molar-refractivity contribution in [1.29, 1.82) is 0 Å². The van der Waals surface area contributed by atoms with Crippen LogP contribution in [0, 0.1) is 0 Å². The lowest BCUT2D eigenvalue weighted by Gasteiger charge is -2.06. The molecule has 0 atom stereocenters. The number of thiazole rings is 1. The van der Waals surface area contributed by atoms with Crippen LogP contribution in [0.2, 0.25) is 0 Å². The molecule has 0 saturated heterocycles. The van der Waals surface area contributed by atoms with Crippen LogP contribution in [-0.2, 0) is 6.18 Å². The maximum Gasteiger partial charge on any atom is 0.416 e. The minimum Gasteiger partial charge on any atom is -0.354 e. The second-order valence-corrected chi connectivity index (χ2v) is 4.55. The lowest BCUT2D eigenvalue weighted by molar-refractivity contribution is -0.137. The second kappa shape index (κ2) is 5.00. The molecule has 1 N–H and O–H groups in total. The van der Waals surface area contributed by atoms with Gasteiger partial charge in [0, 0.05) is 18.0 Å². The van der Waals surface area contributed by atoms with Crippen LogP contribution in [-0.4, -0.2) is 17.9 Å². The first-order chi connectivity index (χ1) is 8.91. The van der Waals surface area contributed by atoms with E-state index in [1.54, 1.807) is 5.38 Å². The van der Waals surface area contributed by atoms with Crippen molar-refractivity contribution in [2.24, 2.45) is 0 Å². The highest BCUT2D eigenvalue weighted by Crippen LogP contribution is 2.31. The molecule has 0 aliphatic heterocycles. The van der Waals surface area contributed by atoms with E-state index in [2.05, 4.69) is 10.3 Å². The van der Waals surface area contributed by atoms with Crippen molar-refractivity contribution in [2.75, 3.05) is 7.05 Å². The highest BCUT2D eigenvalue weighted by molar-refractivity contribution is 7.13. The summed E-state index contributed by atoms with van der Waals surface area (Å²) in [5.41, 5.74) is 0.0925. The third kappa shape index (κ3) is 2.93. The Labute approximate surface area is 111 Å². The van der Waals surface area contributed by atoms with E-state index in [1.165, 1.54) is 30.5 Å². The smallest absolute Gasteiger partial charge is 0.354 e. The number of amides is 1. The van der Waals surface area contributed by atoms with Gasteiger partial charge in [-0.25, -0.2) is 4.98 Å². The fraction of sp³-hybridized carbons (Fsp3) is 0.167. The molecule has 1 aromatic heterocycles. The molecule has 0 saturated carbocycles. The summed E-state index contributed by atoms with van der Waals surface area (Å²) < 4.78 is 37.2. The van der Waals surface area contributed by atoms with Crippen molar-refractivity contribution >= 4 is 17.2 Å². The van der Waals surface area contributed by atoms with Crippen molar-refractivity contribution in [3.05, 3.63) is 40.9 Å². The molecule has 1 heterocycles. The summed E-state index contributed by atoms with van der Waals surface area (Å²) in [6.45, 7) is 0. The number of hydrogen-bond acceptors (Lipinski definition) is 3. The molecule has 1 aromatic carbocycles. The molecule has 0 bridgehead atoms. The van der Waals surface area contributed by atoms with Gasteiger partial charge in [0.25, 0.3) is 5.91 Å². The highest BCUT2D eigenvalue weighted by atomic mass is 32.1. The molecule has 1 amide bonds. The summed E-state index contributed by atoms with van der Waals surface area (Å²) in [7, 11) is 1.49. The first-order valence-electron chi connectivity index (χ1n) is 5.27. The van der Waals surface area contributed by atoms with Crippen molar-refractivity contribution in [3.63, 3.8) is 0 Å². The zero-order valence-electron chi connectivity index (χ0n) is 9.78. The van der Waals surface area contributed by atoms with E-state index < -0.39 is 11.7 Å². The number of benzene rings is 1. The van der Waals surface area contributed by atoms with Gasteiger partial charge in [0.05, 0.1) is 5.56 Å². The molecule has 0 fully saturated rings. The van der Waals surface area contributed by atoms with Crippen molar-refractivity contribution in [2.45, 2.75) is 6.18 Å². The van der Waals surface area contributed by atoms with Crippen LogP contribution in [0.15, 0.2) is 29.6 Å². The first-order valence-corrected chi connectivity index (χ1v) is 6.15. The summed E-state index contributed by atoms with van der Waals surface area (Å²) in [5, 5.41) is 4.50. The molecular weight excluding hydrogens is 277 g/mol. The first kappa shape index (κ1) is 13.5. The van der Waals surface area contributed by atoms with E-state index in [0.29, 0.717) is 10.6 Å². The van der Waals surface area contributed by atoms with E-state index in [1.807, 2.05) is 0 Å². The van der Waals surface area contributed by atoms with Crippen LogP contribution >= 0.6 is 11.3 Å². The number of nitrogens with zero attached hydrogens (tertiary/aromatic N) is 1. The molecule has 19 heavy (non-hydrogen) atoms. The Balaban J connectivity index is 2.28. The lowest BCUT2D eigenvalue weighted by Crippen LogP contribution is -2.17. The van der Waals surface area contributed by atoms with Gasteiger partial charge >= 0.3 is 6.18 Å². The highest BCUT2D eigenvalue weighted by Gasteiger charge is 2.30. The molecule has 0 aliphatic rings. The number of rotatable bonds is 2. The summed E-state index contributed by atoms with van der Waals surface area (Å²) in [6, 6.07) is 4.68. The number of halogens is 3. The van der Waals surface area contributed by atoms with Gasteiger partial charge < -0.3 is 5.32 Å². The van der Waals surface area contributed by atoms with Crippen molar-refractivity contribution in [3.8, 4) is 10.6 Å². The predicted molar refractivity (Wildman–Crippen MR) is 65.9 cm³/mol. The molecule has 100 valence electrons. The Morgan fingerprint density at radius 2 is 1.89 bits per heavy atom. The van der Waals surface area contributed by atoms with Gasteiger partial charge in [0.15, 0.2) is 0 Å². The van der Waals surface area contributed by atoms with Crippen LogP contribution in [0.3, 0.4) is 0 Å². The molecule has 0 aliphatic carbocycles. The largest absolute Gasteiger partial charge is 0.416 e. The Hall–Kier alpha value is -1.89. The Morgan fingerprint density at radius 3 is 2.42 bits per heavy atom. The van der Waals surface area contributed by atoms with E-state index in [9.17, 15) is 18.0 Å². The van der Waals surface area contributed by atoms with Crippen molar-refractivity contribution in [1.82, 2.24) is 10.3 Å². The second-order valence-electron chi connectivity index (χ2n) is 3.69. The minimum absolute atomic E-state index is 0.252. The zero-order valence-corrected chi connectivity index (χ0v) is 10.6. The molecule has 0 spiro atoms. The Kier molecular flexibility index (Phi) is 3.57. The van der Waals surface area contributed by atoms with Gasteiger partial charge in [-0.1, -0.05) is 12.1 Å². The minimum atomic E-state index is -4.35. The number of hydrogen-bond donors (Lipinski definition) is 1. The summed E-state index contributed by atoms with van der Waals surface area (Å²) >= 11 is 1.21. The van der Waals surface area contributed by atoms with Gasteiger partial charge in [-0.05, 0) is 12.1 Å². The predicted octanol–water partition coefficient (Wildman–Crippen LogP) is 3.19. The fourth-order valence-electron chi connectivity index (χ4n) is 1.44. The quantitative estimate of drug-likeness (QED) is 0.921. The average Bonchev–Trinajstić information content (AvgIpc) is 2.86. The summed E-state index contributed by atoms with van der Waals surface area (Å²) in [5.74, 6) is -0.325. The van der Waals surface area contributed by atoms with Crippen LogP contribution in [0.4, 0.5) is 13.2 Å². The zero-order chi connectivity index (χ0) is 14.0. The molecule has 0 unspecified atom stereocenters. The number of alkyl halides is 3. The van der Waals surface area contributed by atoms with E-state index in [0.717, 1.165) is 12.1 Å². The summed E-state index contributed by atoms with van der Waals surface area (Å²) in [6.07, 6.45) is -4.35. The van der Waals surface area contributed by atoms with Gasteiger partial charge in [-0.15, -0.1) is 11.3 Å². The van der Waals surface area contributed by atoms with Crippen molar-refractivity contribution < 1.29 is 18.0 Å². The molecule has 0 radical (unpaired) electrons. The van der Waals surface area contributed by atoms with E-state index in [4.69, 9.17) is 0 Å². The number of nitrogens with one attached hydrogen (secondary N) is 1. The molecule has 2 rings (SSSR count). The van der Waals surface area contributed by atoms with Gasteiger partial charge in [-0.3, -0.25) is 4.79 Å². The molecule has 2 aromatic rings. The number of carbonyl (C=O) groups is 1. The third-order valence-electron chi connectivity index (χ3n) is 2.42. The third-order valence-corrected chi connectivity index (χ3v) is 3.31. The topological polar surface area (TPSA) is 42.0 Å². The van der Waals surface area contributed by atoms with Gasteiger partial charge in [0.1, 0.15) is 10.7 Å². The summed E-state index contributed by atoms with van der Waals surface area (Å²) in [4.78, 5) is 15.4. The standard InChI is InChI=1S/C12H9F3N2OS/c1-16-10(18)9-6-19-11(17-9)7-2-4-8(5-3-7)12(13,14)15/h2-6H,1H3,(H,16,18).